The number of carboxylic acid groups (broad SMARTS) is 1. The Hall–Kier alpha value is -3.71. The molecule has 13 heteroatoms. The van der Waals surface area contributed by atoms with Crippen molar-refractivity contribution in [1.29, 1.82) is 0 Å². The molecular formula is C19H27N5O8. The Morgan fingerprint density at radius 1 is 1.03 bits per heavy atom. The van der Waals surface area contributed by atoms with Crippen LogP contribution in [0.5, 0.6) is 5.75 Å². The van der Waals surface area contributed by atoms with E-state index in [4.69, 9.17) is 16.6 Å². The van der Waals surface area contributed by atoms with Gasteiger partial charge in [0.25, 0.3) is 0 Å². The fraction of sp³-hybridized carbons (Fsp3) is 0.421. The summed E-state index contributed by atoms with van der Waals surface area (Å²) in [5, 5.41) is 34.5. The molecule has 4 unspecified atom stereocenters. The number of aliphatic hydroxyl groups excluding tert-OH is 1. The largest absolute Gasteiger partial charge is 0.508 e. The van der Waals surface area contributed by atoms with Crippen molar-refractivity contribution >= 4 is 29.6 Å². The van der Waals surface area contributed by atoms with Crippen LogP contribution in [0.2, 0.25) is 0 Å². The first kappa shape index (κ1) is 26.3. The van der Waals surface area contributed by atoms with Gasteiger partial charge >= 0.3 is 5.97 Å². The van der Waals surface area contributed by atoms with E-state index < -0.39 is 66.8 Å². The number of hydrogen-bond donors (Lipinski definition) is 8. The lowest BCUT2D eigenvalue weighted by Gasteiger charge is -2.21. The zero-order valence-electron chi connectivity index (χ0n) is 17.3. The Morgan fingerprint density at radius 2 is 1.62 bits per heavy atom. The summed E-state index contributed by atoms with van der Waals surface area (Å²) in [5.74, 6) is -4.78. The monoisotopic (exact) mass is 453 g/mol. The molecule has 0 saturated carbocycles. The average molecular weight is 453 g/mol. The third-order valence-electron chi connectivity index (χ3n) is 4.26. The summed E-state index contributed by atoms with van der Waals surface area (Å²) >= 11 is 0. The van der Waals surface area contributed by atoms with Gasteiger partial charge in [-0.1, -0.05) is 12.1 Å². The molecule has 1 aromatic carbocycles. The standard InChI is InChI=1S/C19H27N5O8/c1-9(25)16(19(31)32)24-15(28)8-22-18(30)13(6-10-2-4-11(26)5-3-10)23-17(29)12(20)7-14(21)27/h2-5,9,12-13,16,25-26H,6-8,20H2,1H3,(H2,21,27)(H,22,30)(H,23,29)(H,24,28)(H,31,32). The van der Waals surface area contributed by atoms with Crippen LogP contribution < -0.4 is 27.4 Å². The first-order valence-corrected chi connectivity index (χ1v) is 9.50. The summed E-state index contributed by atoms with van der Waals surface area (Å²) in [6.45, 7) is 0.542. The van der Waals surface area contributed by atoms with Crippen LogP contribution in [0.3, 0.4) is 0 Å². The molecule has 1 rings (SSSR count). The lowest BCUT2D eigenvalue weighted by Crippen LogP contribution is -2.55. The molecule has 0 aliphatic rings. The number of aliphatic carboxylic acids is 1. The van der Waals surface area contributed by atoms with Crippen molar-refractivity contribution in [2.75, 3.05) is 6.54 Å². The molecule has 0 aromatic heterocycles. The Morgan fingerprint density at radius 3 is 2.12 bits per heavy atom. The second-order valence-electron chi connectivity index (χ2n) is 7.05. The maximum atomic E-state index is 12.6. The second-order valence-corrected chi connectivity index (χ2v) is 7.05. The minimum atomic E-state index is -1.57. The fourth-order valence-corrected chi connectivity index (χ4v) is 2.57. The number of carbonyl (C=O) groups excluding carboxylic acids is 4. The third kappa shape index (κ3) is 8.97. The summed E-state index contributed by atoms with van der Waals surface area (Å²) in [4.78, 5) is 58.8. The zero-order valence-corrected chi connectivity index (χ0v) is 17.3. The molecule has 0 heterocycles. The van der Waals surface area contributed by atoms with Gasteiger partial charge in [0.05, 0.1) is 25.1 Å². The van der Waals surface area contributed by atoms with Crippen LogP contribution in [0, 0.1) is 0 Å². The molecule has 176 valence electrons. The van der Waals surface area contributed by atoms with E-state index in [2.05, 4.69) is 16.0 Å². The number of primary amides is 1. The average Bonchev–Trinajstić information content (AvgIpc) is 2.70. The second kappa shape index (κ2) is 12.2. The maximum absolute atomic E-state index is 12.6. The van der Waals surface area contributed by atoms with E-state index in [0.717, 1.165) is 0 Å². The Bertz CT molecular complexity index is 843. The minimum Gasteiger partial charge on any atom is -0.508 e. The van der Waals surface area contributed by atoms with Gasteiger partial charge in [0.2, 0.25) is 23.6 Å². The number of hydrogen-bond acceptors (Lipinski definition) is 8. The number of aliphatic hydroxyl groups is 1. The summed E-state index contributed by atoms with van der Waals surface area (Å²) in [6, 6.07) is 1.69. The van der Waals surface area contributed by atoms with Gasteiger partial charge in [0, 0.05) is 6.42 Å². The first-order valence-electron chi connectivity index (χ1n) is 9.50. The van der Waals surface area contributed by atoms with Crippen LogP contribution >= 0.6 is 0 Å². The highest BCUT2D eigenvalue weighted by molar-refractivity contribution is 5.94. The van der Waals surface area contributed by atoms with Crippen LogP contribution in [0.4, 0.5) is 0 Å². The molecule has 0 bridgehead atoms. The van der Waals surface area contributed by atoms with Gasteiger partial charge in [-0.05, 0) is 24.6 Å². The number of benzene rings is 1. The predicted molar refractivity (Wildman–Crippen MR) is 110 cm³/mol. The molecule has 0 fully saturated rings. The number of rotatable bonds is 12. The fourth-order valence-electron chi connectivity index (χ4n) is 2.57. The van der Waals surface area contributed by atoms with Crippen LogP contribution in [0.25, 0.3) is 0 Å². The number of carboxylic acids is 1. The molecule has 0 aliphatic heterocycles. The van der Waals surface area contributed by atoms with Crippen LogP contribution in [-0.2, 0) is 30.4 Å². The summed E-state index contributed by atoms with van der Waals surface area (Å²) < 4.78 is 0. The molecule has 0 saturated heterocycles. The van der Waals surface area contributed by atoms with Gasteiger partial charge in [0.1, 0.15) is 11.8 Å². The third-order valence-corrected chi connectivity index (χ3v) is 4.26. The Balaban J connectivity index is 2.85. The molecule has 4 amide bonds. The number of nitrogens with one attached hydrogen (secondary N) is 3. The first-order chi connectivity index (χ1) is 14.9. The highest BCUT2D eigenvalue weighted by Gasteiger charge is 2.27. The van der Waals surface area contributed by atoms with E-state index in [9.17, 15) is 34.2 Å². The zero-order chi connectivity index (χ0) is 24.4. The highest BCUT2D eigenvalue weighted by Crippen LogP contribution is 2.11. The van der Waals surface area contributed by atoms with E-state index >= 15 is 0 Å². The van der Waals surface area contributed by atoms with Crippen molar-refractivity contribution in [2.24, 2.45) is 11.5 Å². The molecule has 32 heavy (non-hydrogen) atoms. The number of carbonyl (C=O) groups is 5. The normalized spacial score (nSPS) is 14.3. The van der Waals surface area contributed by atoms with Crippen molar-refractivity contribution in [3.63, 3.8) is 0 Å². The van der Waals surface area contributed by atoms with Crippen molar-refractivity contribution in [2.45, 2.75) is 44.0 Å². The van der Waals surface area contributed by atoms with Gasteiger partial charge in [-0.3, -0.25) is 19.2 Å². The molecule has 10 N–H and O–H groups in total. The SMILES string of the molecule is CC(O)C(NC(=O)CNC(=O)C(Cc1ccc(O)cc1)NC(=O)C(N)CC(N)=O)C(=O)O. The number of aromatic hydroxyl groups is 1. The van der Waals surface area contributed by atoms with Gasteiger partial charge < -0.3 is 42.7 Å². The van der Waals surface area contributed by atoms with Gasteiger partial charge in [-0.15, -0.1) is 0 Å². The molecule has 0 spiro atoms. The van der Waals surface area contributed by atoms with E-state index in [1.54, 1.807) is 0 Å². The molecule has 0 aliphatic carbocycles. The predicted octanol–water partition coefficient (Wildman–Crippen LogP) is -3.31. The van der Waals surface area contributed by atoms with Crippen molar-refractivity contribution in [3.8, 4) is 5.75 Å². The summed E-state index contributed by atoms with van der Waals surface area (Å²) in [6.07, 6.45) is -1.87. The molecule has 0 radical (unpaired) electrons. The smallest absolute Gasteiger partial charge is 0.328 e. The molecule has 13 nitrogen and oxygen atoms in total. The van der Waals surface area contributed by atoms with Gasteiger partial charge in [0.15, 0.2) is 6.04 Å². The van der Waals surface area contributed by atoms with Crippen LogP contribution in [-0.4, -0.2) is 75.7 Å². The van der Waals surface area contributed by atoms with E-state index in [-0.39, 0.29) is 12.2 Å². The van der Waals surface area contributed by atoms with Crippen molar-refractivity contribution in [3.05, 3.63) is 29.8 Å². The highest BCUT2D eigenvalue weighted by atomic mass is 16.4. The van der Waals surface area contributed by atoms with Crippen LogP contribution in [0.15, 0.2) is 24.3 Å². The number of amides is 4. The van der Waals surface area contributed by atoms with Gasteiger partial charge in [-0.2, -0.15) is 0 Å². The molecule has 4 atom stereocenters. The van der Waals surface area contributed by atoms with Crippen molar-refractivity contribution in [1.82, 2.24) is 16.0 Å². The number of phenolic OH excluding ortho intramolecular Hbond substituents is 1. The summed E-state index contributed by atoms with van der Waals surface area (Å²) in [5.41, 5.74) is 11.2. The number of nitrogens with two attached hydrogens (primary N) is 2. The van der Waals surface area contributed by atoms with Crippen molar-refractivity contribution < 1.29 is 39.3 Å². The van der Waals surface area contributed by atoms with Gasteiger partial charge in [-0.25, -0.2) is 4.79 Å². The van der Waals surface area contributed by atoms with Crippen LogP contribution in [0.1, 0.15) is 18.9 Å². The summed E-state index contributed by atoms with van der Waals surface area (Å²) in [7, 11) is 0. The van der Waals surface area contributed by atoms with E-state index in [1.807, 2.05) is 0 Å². The lowest BCUT2D eigenvalue weighted by atomic mass is 10.0. The van der Waals surface area contributed by atoms with E-state index in [1.165, 1.54) is 31.2 Å². The lowest BCUT2D eigenvalue weighted by molar-refractivity contribution is -0.144. The maximum Gasteiger partial charge on any atom is 0.328 e. The molecular weight excluding hydrogens is 426 g/mol. The topological polar surface area (TPSA) is 234 Å². The van der Waals surface area contributed by atoms with E-state index in [0.29, 0.717) is 5.56 Å². The molecule has 1 aromatic rings. The quantitative estimate of drug-likeness (QED) is 0.158. The Kier molecular flexibility index (Phi) is 10.1. The Labute approximate surface area is 183 Å². The number of phenols is 1. The minimum absolute atomic E-state index is 0.00923.